The fourth-order valence-corrected chi connectivity index (χ4v) is 7.09. The summed E-state index contributed by atoms with van der Waals surface area (Å²) >= 11 is 0. The van der Waals surface area contributed by atoms with E-state index in [1.807, 2.05) is 13.8 Å². The van der Waals surface area contributed by atoms with Crippen molar-refractivity contribution in [3.63, 3.8) is 0 Å². The van der Waals surface area contributed by atoms with Gasteiger partial charge in [0.25, 0.3) is 0 Å². The standard InChI is InChI=1S/C30H46O5/c1-20(2)8-6-9-21(3)16-24-17-23(19-33)26-12-14-30(28(26)35-24)27(10-7-15-31)25(22(4)18-32)11-13-29(30,5)34/h8,16-18,24,26-28,31,33-34H,6-7,9-15,19H2,1-5H3/b21-16-,25-22+/t24-,26-,27+,28+,29-,30-/m0/s1. The van der Waals surface area contributed by atoms with Gasteiger partial charge in [-0.3, -0.25) is 4.79 Å². The molecule has 6 atom stereocenters. The van der Waals surface area contributed by atoms with E-state index >= 15 is 0 Å². The highest BCUT2D eigenvalue weighted by atomic mass is 16.5. The van der Waals surface area contributed by atoms with E-state index in [-0.39, 0.29) is 37.3 Å². The van der Waals surface area contributed by atoms with Crippen molar-refractivity contribution < 1.29 is 24.9 Å². The molecule has 0 aromatic heterocycles. The van der Waals surface area contributed by atoms with Crippen molar-refractivity contribution in [2.24, 2.45) is 17.3 Å². The van der Waals surface area contributed by atoms with Crippen LogP contribution in [0.3, 0.4) is 0 Å². The van der Waals surface area contributed by atoms with Gasteiger partial charge < -0.3 is 20.1 Å². The van der Waals surface area contributed by atoms with Crippen molar-refractivity contribution in [1.29, 1.82) is 0 Å². The highest BCUT2D eigenvalue weighted by Gasteiger charge is 2.65. The van der Waals surface area contributed by atoms with Crippen LogP contribution in [0.15, 0.2) is 46.1 Å². The summed E-state index contributed by atoms with van der Waals surface area (Å²) < 4.78 is 6.83. The van der Waals surface area contributed by atoms with Gasteiger partial charge in [0.05, 0.1) is 24.4 Å². The van der Waals surface area contributed by atoms with Crippen molar-refractivity contribution in [3.8, 4) is 0 Å². The minimum absolute atomic E-state index is 0.0126. The Morgan fingerprint density at radius 2 is 1.94 bits per heavy atom. The van der Waals surface area contributed by atoms with Gasteiger partial charge in [0.15, 0.2) is 0 Å². The van der Waals surface area contributed by atoms with Crippen LogP contribution in [0.5, 0.6) is 0 Å². The highest BCUT2D eigenvalue weighted by Crippen LogP contribution is 2.64. The molecule has 0 saturated heterocycles. The zero-order valence-corrected chi connectivity index (χ0v) is 22.3. The van der Waals surface area contributed by atoms with Crippen molar-refractivity contribution in [3.05, 3.63) is 46.1 Å². The Bertz CT molecular complexity index is 888. The molecule has 5 nitrogen and oxygen atoms in total. The monoisotopic (exact) mass is 486 g/mol. The molecule has 3 rings (SSSR count). The average molecular weight is 487 g/mol. The molecule has 1 heterocycles. The first-order valence-corrected chi connectivity index (χ1v) is 13.4. The number of rotatable bonds is 9. The summed E-state index contributed by atoms with van der Waals surface area (Å²) in [6, 6.07) is 0. The predicted octanol–water partition coefficient (Wildman–Crippen LogP) is 5.21. The van der Waals surface area contributed by atoms with Crippen LogP contribution in [-0.2, 0) is 9.53 Å². The molecule has 1 spiro atoms. The lowest BCUT2D eigenvalue weighted by Gasteiger charge is -2.57. The SMILES string of the molecule is CC(C)=CCC/C(C)=C\[C@H]1C=C(CO)[C@@H]2CC[C@]3([C@H](CCCO)/C(=C(\C)C=O)CC[C@]3(C)O)[C@@H]2O1. The predicted molar refractivity (Wildman–Crippen MR) is 140 cm³/mol. The van der Waals surface area contributed by atoms with Crippen LogP contribution in [0.4, 0.5) is 0 Å². The van der Waals surface area contributed by atoms with E-state index in [0.717, 1.165) is 48.7 Å². The molecule has 2 aliphatic carbocycles. The number of hydrogen-bond acceptors (Lipinski definition) is 5. The Balaban J connectivity index is 2.03. The summed E-state index contributed by atoms with van der Waals surface area (Å²) in [5, 5.41) is 31.9. The molecule has 0 bridgehead atoms. The van der Waals surface area contributed by atoms with Gasteiger partial charge in [-0.05, 0) is 103 Å². The van der Waals surface area contributed by atoms with E-state index in [2.05, 4.69) is 39.0 Å². The summed E-state index contributed by atoms with van der Waals surface area (Å²) in [5.41, 5.74) is 3.87. The average Bonchev–Trinajstić information content (AvgIpc) is 3.19. The molecule has 0 aromatic carbocycles. The fraction of sp³-hybridized carbons (Fsp3) is 0.700. The maximum atomic E-state index is 11.9. The molecule has 5 heteroatoms. The third-order valence-electron chi connectivity index (χ3n) is 8.88. The van der Waals surface area contributed by atoms with Crippen molar-refractivity contribution in [2.75, 3.05) is 13.2 Å². The first-order chi connectivity index (χ1) is 16.6. The molecule has 0 unspecified atom stereocenters. The molecule has 0 amide bonds. The van der Waals surface area contributed by atoms with E-state index in [9.17, 15) is 20.1 Å². The van der Waals surface area contributed by atoms with E-state index < -0.39 is 11.0 Å². The fourth-order valence-electron chi connectivity index (χ4n) is 7.09. The van der Waals surface area contributed by atoms with Gasteiger partial charge in [-0.1, -0.05) is 34.9 Å². The van der Waals surface area contributed by atoms with Crippen molar-refractivity contribution >= 4 is 6.29 Å². The first kappa shape index (κ1) is 28.0. The van der Waals surface area contributed by atoms with Crippen LogP contribution >= 0.6 is 0 Å². The van der Waals surface area contributed by atoms with E-state index in [0.29, 0.717) is 25.7 Å². The number of aliphatic hydroxyl groups excluding tert-OH is 2. The lowest BCUT2D eigenvalue weighted by Crippen LogP contribution is -2.61. The van der Waals surface area contributed by atoms with Gasteiger partial charge in [0.2, 0.25) is 0 Å². The molecule has 196 valence electrons. The Hall–Kier alpha value is -1.53. The number of fused-ring (bicyclic) bond motifs is 2. The molecule has 3 aliphatic rings. The minimum Gasteiger partial charge on any atom is -0.396 e. The number of ether oxygens (including phenoxy) is 1. The number of carbonyl (C=O) groups is 1. The maximum absolute atomic E-state index is 11.9. The quantitative estimate of drug-likeness (QED) is 0.237. The summed E-state index contributed by atoms with van der Waals surface area (Å²) in [4.78, 5) is 11.8. The first-order valence-electron chi connectivity index (χ1n) is 13.4. The van der Waals surface area contributed by atoms with Crippen molar-refractivity contribution in [1.82, 2.24) is 0 Å². The summed E-state index contributed by atoms with van der Waals surface area (Å²) in [6.07, 6.45) is 13.0. The van der Waals surface area contributed by atoms with Crippen LogP contribution in [0.25, 0.3) is 0 Å². The Labute approximate surface area is 211 Å². The lowest BCUT2D eigenvalue weighted by molar-refractivity contribution is -0.190. The summed E-state index contributed by atoms with van der Waals surface area (Å²) in [5.74, 6) is 0.00894. The third-order valence-corrected chi connectivity index (χ3v) is 8.88. The second-order valence-electron chi connectivity index (χ2n) is 11.5. The van der Waals surface area contributed by atoms with Gasteiger partial charge in [-0.2, -0.15) is 0 Å². The molecule has 3 N–H and O–H groups in total. The zero-order valence-electron chi connectivity index (χ0n) is 22.3. The summed E-state index contributed by atoms with van der Waals surface area (Å²) in [7, 11) is 0. The number of aldehydes is 1. The minimum atomic E-state index is -0.968. The lowest BCUT2D eigenvalue weighted by atomic mass is 9.52. The largest absolute Gasteiger partial charge is 0.396 e. The smallest absolute Gasteiger partial charge is 0.145 e. The van der Waals surface area contributed by atoms with Crippen LogP contribution in [0, 0.1) is 17.3 Å². The van der Waals surface area contributed by atoms with Crippen LogP contribution in [0.1, 0.15) is 86.0 Å². The van der Waals surface area contributed by atoms with Crippen LogP contribution < -0.4 is 0 Å². The van der Waals surface area contributed by atoms with Gasteiger partial charge in [-0.25, -0.2) is 0 Å². The van der Waals surface area contributed by atoms with Gasteiger partial charge >= 0.3 is 0 Å². The van der Waals surface area contributed by atoms with Gasteiger partial charge in [0, 0.05) is 17.9 Å². The molecule has 2 saturated carbocycles. The highest BCUT2D eigenvalue weighted by molar-refractivity contribution is 5.74. The molecular weight excluding hydrogens is 440 g/mol. The number of aliphatic hydroxyl groups is 3. The number of carbonyl (C=O) groups excluding carboxylic acids is 1. The summed E-state index contributed by atoms with van der Waals surface area (Å²) in [6.45, 7) is 10.2. The molecule has 1 aliphatic heterocycles. The normalized spacial score (nSPS) is 36.6. The Morgan fingerprint density at radius 3 is 2.57 bits per heavy atom. The van der Waals surface area contributed by atoms with Gasteiger partial charge in [-0.15, -0.1) is 0 Å². The second kappa shape index (κ2) is 11.7. The third kappa shape index (κ3) is 5.58. The van der Waals surface area contributed by atoms with Crippen molar-refractivity contribution in [2.45, 2.75) is 104 Å². The second-order valence-corrected chi connectivity index (χ2v) is 11.5. The molecular formula is C30H46O5. The topological polar surface area (TPSA) is 87.0 Å². The zero-order chi connectivity index (χ0) is 25.8. The molecule has 0 aromatic rings. The molecule has 2 fully saturated rings. The van der Waals surface area contributed by atoms with E-state index in [1.54, 1.807) is 0 Å². The van der Waals surface area contributed by atoms with Crippen LogP contribution in [-0.4, -0.2) is 52.6 Å². The molecule has 35 heavy (non-hydrogen) atoms. The Morgan fingerprint density at radius 1 is 1.20 bits per heavy atom. The number of allylic oxidation sites excluding steroid dienone is 5. The number of hydrogen-bond donors (Lipinski definition) is 3. The maximum Gasteiger partial charge on any atom is 0.145 e. The van der Waals surface area contributed by atoms with E-state index in [1.165, 1.54) is 11.1 Å². The van der Waals surface area contributed by atoms with Gasteiger partial charge in [0.1, 0.15) is 6.29 Å². The Kier molecular flexibility index (Phi) is 9.36. The molecule has 0 radical (unpaired) electrons. The van der Waals surface area contributed by atoms with Crippen LogP contribution in [0.2, 0.25) is 0 Å². The van der Waals surface area contributed by atoms with E-state index in [4.69, 9.17) is 4.74 Å².